The van der Waals surface area contributed by atoms with Crippen LogP contribution >= 0.6 is 0 Å². The second kappa shape index (κ2) is 2.92. The number of hydrogen-bond donors (Lipinski definition) is 1. The number of methoxy groups -OCH3 is 1. The van der Waals surface area contributed by atoms with Crippen molar-refractivity contribution in [2.24, 2.45) is 4.99 Å². The van der Waals surface area contributed by atoms with Gasteiger partial charge in [0.25, 0.3) is 5.72 Å². The zero-order chi connectivity index (χ0) is 10.2. The number of para-hydroxylation sites is 1. The molecule has 0 aliphatic carbocycles. The molecule has 1 heterocycles. The molecule has 0 fully saturated rings. The molecule has 0 saturated heterocycles. The van der Waals surface area contributed by atoms with Crippen LogP contribution in [0, 0.1) is 0 Å². The summed E-state index contributed by atoms with van der Waals surface area (Å²) in [5.74, 6) is -0.770. The first kappa shape index (κ1) is 8.90. The number of ether oxygens (including phenoxy) is 1. The van der Waals surface area contributed by atoms with Crippen LogP contribution in [0.4, 0.5) is 0 Å². The summed E-state index contributed by atoms with van der Waals surface area (Å²) < 4.78 is 4.45. The maximum atomic E-state index is 11.2. The van der Waals surface area contributed by atoms with Crippen LogP contribution in [0.15, 0.2) is 29.3 Å². The van der Waals surface area contributed by atoms with E-state index in [9.17, 15) is 9.90 Å². The lowest BCUT2D eigenvalue weighted by molar-refractivity contribution is -0.155. The molecule has 4 nitrogen and oxygen atoms in total. The lowest BCUT2D eigenvalue weighted by Crippen LogP contribution is -2.34. The van der Waals surface area contributed by atoms with Gasteiger partial charge in [0.15, 0.2) is 0 Å². The number of nitrogens with zero attached hydrogens (tertiary/aromatic N) is 1. The van der Waals surface area contributed by atoms with Crippen LogP contribution < -0.4 is 10.6 Å². The molecule has 72 valence electrons. The summed E-state index contributed by atoms with van der Waals surface area (Å²) in [6, 6.07) is 7.11. The molecule has 1 unspecified atom stereocenters. The SMILES string of the molecule is COC(=O)C1(O)C=c2ccccc2=N1. The second-order valence-electron chi connectivity index (χ2n) is 3.03. The largest absolute Gasteiger partial charge is 0.465 e. The molecule has 0 radical (unpaired) electrons. The van der Waals surface area contributed by atoms with E-state index >= 15 is 0 Å². The molecule has 14 heavy (non-hydrogen) atoms. The Morgan fingerprint density at radius 3 is 2.86 bits per heavy atom. The number of carbonyl (C=O) groups excluding carboxylic acids is 1. The Hall–Kier alpha value is -1.68. The van der Waals surface area contributed by atoms with Crippen molar-refractivity contribution in [1.29, 1.82) is 0 Å². The highest BCUT2D eigenvalue weighted by atomic mass is 16.5. The van der Waals surface area contributed by atoms with E-state index in [2.05, 4.69) is 9.73 Å². The van der Waals surface area contributed by atoms with E-state index in [0.29, 0.717) is 5.36 Å². The maximum Gasteiger partial charge on any atom is 0.365 e. The van der Waals surface area contributed by atoms with Crippen LogP contribution in [0.3, 0.4) is 0 Å². The average molecular weight is 191 g/mol. The number of benzene rings is 1. The molecule has 1 aliphatic heterocycles. The Morgan fingerprint density at radius 2 is 2.21 bits per heavy atom. The summed E-state index contributed by atoms with van der Waals surface area (Å²) in [7, 11) is 1.21. The van der Waals surface area contributed by atoms with Gasteiger partial charge in [-0.2, -0.15) is 0 Å². The first-order chi connectivity index (χ1) is 6.65. The Kier molecular flexibility index (Phi) is 1.86. The topological polar surface area (TPSA) is 58.9 Å². The summed E-state index contributed by atoms with van der Waals surface area (Å²) >= 11 is 0. The summed E-state index contributed by atoms with van der Waals surface area (Å²) in [6.07, 6.45) is 1.38. The van der Waals surface area contributed by atoms with Gasteiger partial charge in [0.05, 0.1) is 12.5 Å². The Balaban J connectivity index is 2.59. The van der Waals surface area contributed by atoms with E-state index in [1.165, 1.54) is 13.2 Å². The minimum Gasteiger partial charge on any atom is -0.465 e. The molecule has 0 spiro atoms. The number of hydrogen-bond acceptors (Lipinski definition) is 4. The molecule has 2 rings (SSSR count). The zero-order valence-corrected chi connectivity index (χ0v) is 7.60. The lowest BCUT2D eigenvalue weighted by Gasteiger charge is -2.12. The highest BCUT2D eigenvalue weighted by molar-refractivity contribution is 5.87. The molecular weight excluding hydrogens is 182 g/mol. The van der Waals surface area contributed by atoms with Crippen LogP contribution in [-0.4, -0.2) is 23.9 Å². The number of carbonyl (C=O) groups is 1. The second-order valence-corrected chi connectivity index (χ2v) is 3.03. The predicted octanol–water partition coefficient (Wildman–Crippen LogP) is -1.04. The number of fused-ring (bicyclic) bond motifs is 1. The van der Waals surface area contributed by atoms with Gasteiger partial charge in [0.1, 0.15) is 0 Å². The number of aliphatic hydroxyl groups is 1. The fourth-order valence-corrected chi connectivity index (χ4v) is 1.40. The first-order valence-electron chi connectivity index (χ1n) is 4.14. The van der Waals surface area contributed by atoms with Gasteiger partial charge in [-0.1, -0.05) is 18.2 Å². The fraction of sp³-hybridized carbons (Fsp3) is 0.200. The highest BCUT2D eigenvalue weighted by Gasteiger charge is 2.36. The molecule has 0 amide bonds. The normalized spacial score (nSPS) is 23.3. The zero-order valence-electron chi connectivity index (χ0n) is 7.60. The number of esters is 1. The molecule has 0 saturated carbocycles. The minimum atomic E-state index is -1.85. The Morgan fingerprint density at radius 1 is 1.50 bits per heavy atom. The smallest absolute Gasteiger partial charge is 0.365 e. The quantitative estimate of drug-likeness (QED) is 0.577. The highest BCUT2D eigenvalue weighted by Crippen LogP contribution is 2.12. The van der Waals surface area contributed by atoms with Gasteiger partial charge in [-0.05, 0) is 12.1 Å². The van der Waals surface area contributed by atoms with Gasteiger partial charge in [0, 0.05) is 5.22 Å². The lowest BCUT2D eigenvalue weighted by atomic mass is 10.2. The third kappa shape index (κ3) is 1.20. The van der Waals surface area contributed by atoms with Gasteiger partial charge in [0.2, 0.25) is 0 Å². The molecule has 1 aromatic rings. The molecular formula is C10H9NO3. The van der Waals surface area contributed by atoms with Gasteiger partial charge >= 0.3 is 5.97 Å². The molecule has 4 heteroatoms. The van der Waals surface area contributed by atoms with Crippen molar-refractivity contribution in [1.82, 2.24) is 0 Å². The maximum absolute atomic E-state index is 11.2. The van der Waals surface area contributed by atoms with Crippen molar-refractivity contribution in [2.75, 3.05) is 7.11 Å². The Labute approximate surface area is 80.2 Å². The minimum absolute atomic E-state index is 0.598. The van der Waals surface area contributed by atoms with E-state index in [1.807, 2.05) is 6.07 Å². The van der Waals surface area contributed by atoms with Gasteiger partial charge in [-0.3, -0.25) is 0 Å². The standard InChI is InChI=1S/C10H9NO3/c1-14-9(12)10(13)6-7-4-2-3-5-8(7)11-10/h2-6,13H,1H3. The van der Waals surface area contributed by atoms with Crippen LogP contribution in [-0.2, 0) is 9.53 Å². The van der Waals surface area contributed by atoms with Gasteiger partial charge in [-0.25, -0.2) is 9.79 Å². The average Bonchev–Trinajstić information content (AvgIpc) is 2.54. The van der Waals surface area contributed by atoms with E-state index in [0.717, 1.165) is 5.22 Å². The fourth-order valence-electron chi connectivity index (χ4n) is 1.40. The summed E-state index contributed by atoms with van der Waals surface area (Å²) in [5, 5.41) is 11.1. The molecule has 1 aliphatic rings. The third-order valence-electron chi connectivity index (χ3n) is 2.07. The van der Waals surface area contributed by atoms with Crippen LogP contribution in [0.1, 0.15) is 0 Å². The van der Waals surface area contributed by atoms with Crippen molar-refractivity contribution in [2.45, 2.75) is 5.72 Å². The van der Waals surface area contributed by atoms with Crippen molar-refractivity contribution in [3.63, 3.8) is 0 Å². The van der Waals surface area contributed by atoms with Crippen LogP contribution in [0.2, 0.25) is 0 Å². The van der Waals surface area contributed by atoms with E-state index in [1.54, 1.807) is 18.2 Å². The van der Waals surface area contributed by atoms with Crippen molar-refractivity contribution in [3.05, 3.63) is 34.8 Å². The molecule has 1 atom stereocenters. The molecule has 0 bridgehead atoms. The van der Waals surface area contributed by atoms with Crippen LogP contribution in [0.5, 0.6) is 0 Å². The van der Waals surface area contributed by atoms with E-state index in [4.69, 9.17) is 0 Å². The summed E-state index contributed by atoms with van der Waals surface area (Å²) in [6.45, 7) is 0. The van der Waals surface area contributed by atoms with Crippen molar-refractivity contribution in [3.8, 4) is 0 Å². The van der Waals surface area contributed by atoms with E-state index in [-0.39, 0.29) is 0 Å². The predicted molar refractivity (Wildman–Crippen MR) is 48.7 cm³/mol. The summed E-state index contributed by atoms with van der Waals surface area (Å²) in [4.78, 5) is 15.1. The van der Waals surface area contributed by atoms with Crippen LogP contribution in [0.25, 0.3) is 6.08 Å². The monoisotopic (exact) mass is 191 g/mol. The van der Waals surface area contributed by atoms with Gasteiger partial charge in [-0.15, -0.1) is 0 Å². The van der Waals surface area contributed by atoms with E-state index < -0.39 is 11.7 Å². The third-order valence-corrected chi connectivity index (χ3v) is 2.07. The van der Waals surface area contributed by atoms with Crippen molar-refractivity contribution < 1.29 is 14.6 Å². The molecule has 0 aromatic heterocycles. The molecule has 1 N–H and O–H groups in total. The van der Waals surface area contributed by atoms with Gasteiger partial charge < -0.3 is 9.84 Å². The van der Waals surface area contributed by atoms with Crippen molar-refractivity contribution >= 4 is 12.0 Å². The Bertz CT molecular complexity index is 457. The first-order valence-corrected chi connectivity index (χ1v) is 4.14. The number of rotatable bonds is 1. The summed E-state index contributed by atoms with van der Waals surface area (Å²) in [5.41, 5.74) is -1.85. The molecule has 1 aromatic carbocycles.